The Hall–Kier alpha value is 0.0569. The average molecular weight is 264 g/mol. The van der Waals surface area contributed by atoms with Crippen LogP contribution in [-0.4, -0.2) is 42.1 Å². The second-order valence-corrected chi connectivity index (χ2v) is 5.62. The molecule has 0 aromatic carbocycles. The van der Waals surface area contributed by atoms with Gasteiger partial charge in [0.2, 0.25) is 0 Å². The molecule has 0 bridgehead atoms. The van der Waals surface area contributed by atoms with Gasteiger partial charge in [0, 0.05) is 19.8 Å². The highest BCUT2D eigenvalue weighted by Gasteiger charge is 2.13. The van der Waals surface area contributed by atoms with Crippen LogP contribution in [0.5, 0.6) is 0 Å². The summed E-state index contributed by atoms with van der Waals surface area (Å²) in [5, 5.41) is 0. The Morgan fingerprint density at radius 2 is 1.24 bits per heavy atom. The Morgan fingerprint density at radius 1 is 0.941 bits per heavy atom. The SMILES string of the molecule is CC1CO1.CCCO[SiH](OCCC)OCCC. The molecule has 1 aliphatic rings. The normalized spacial score (nSPS) is 17.8. The Kier molecular flexibility index (Phi) is 12.6. The predicted octanol–water partition coefficient (Wildman–Crippen LogP) is 2.39. The van der Waals surface area contributed by atoms with Gasteiger partial charge in [-0.2, -0.15) is 0 Å². The van der Waals surface area contributed by atoms with Gasteiger partial charge in [-0.15, -0.1) is 0 Å². The van der Waals surface area contributed by atoms with Crippen LogP contribution in [0.4, 0.5) is 0 Å². The molecule has 1 heterocycles. The molecule has 0 N–H and O–H groups in total. The van der Waals surface area contributed by atoms with Crippen LogP contribution in [-0.2, 0) is 18.0 Å². The molecule has 1 unspecified atom stereocenters. The smallest absolute Gasteiger partial charge is 0.376 e. The van der Waals surface area contributed by atoms with E-state index in [1.165, 1.54) is 0 Å². The second-order valence-electron chi connectivity index (χ2n) is 4.04. The van der Waals surface area contributed by atoms with Crippen LogP contribution >= 0.6 is 0 Å². The Morgan fingerprint density at radius 3 is 1.41 bits per heavy atom. The Bertz CT molecular complexity index is 134. The molecule has 5 heteroatoms. The standard InChI is InChI=1S/C9H22O3Si.C3H6O/c1-4-7-10-13(11-8-5-2)12-9-6-3;1-3-2-4-3/h13H,4-9H2,1-3H3;3H,2H2,1H3. The summed E-state index contributed by atoms with van der Waals surface area (Å²) in [6.45, 7) is 11.6. The highest BCUT2D eigenvalue weighted by molar-refractivity contribution is 6.36. The minimum atomic E-state index is -1.79. The van der Waals surface area contributed by atoms with Crippen molar-refractivity contribution in [1.29, 1.82) is 0 Å². The van der Waals surface area contributed by atoms with E-state index in [0.29, 0.717) is 6.10 Å². The van der Waals surface area contributed by atoms with Gasteiger partial charge in [0.1, 0.15) is 0 Å². The fourth-order valence-corrected chi connectivity index (χ4v) is 2.46. The fraction of sp³-hybridized carbons (Fsp3) is 1.00. The van der Waals surface area contributed by atoms with E-state index in [-0.39, 0.29) is 0 Å². The van der Waals surface area contributed by atoms with E-state index in [1.807, 2.05) is 0 Å². The summed E-state index contributed by atoms with van der Waals surface area (Å²) in [6, 6.07) is 0. The van der Waals surface area contributed by atoms with E-state index < -0.39 is 9.53 Å². The van der Waals surface area contributed by atoms with Crippen molar-refractivity contribution in [3.8, 4) is 0 Å². The first-order chi connectivity index (χ1) is 8.24. The zero-order valence-corrected chi connectivity index (χ0v) is 12.9. The van der Waals surface area contributed by atoms with Crippen molar-refractivity contribution in [3.05, 3.63) is 0 Å². The van der Waals surface area contributed by atoms with Crippen LogP contribution < -0.4 is 0 Å². The lowest BCUT2D eigenvalue weighted by molar-refractivity contribution is 0.0933. The molecule has 0 radical (unpaired) electrons. The predicted molar refractivity (Wildman–Crippen MR) is 71.3 cm³/mol. The van der Waals surface area contributed by atoms with Gasteiger partial charge in [-0.25, -0.2) is 0 Å². The summed E-state index contributed by atoms with van der Waals surface area (Å²) in [6.07, 6.45) is 3.65. The Balaban J connectivity index is 0.000000529. The van der Waals surface area contributed by atoms with Crippen molar-refractivity contribution < 1.29 is 18.0 Å². The van der Waals surface area contributed by atoms with Gasteiger partial charge in [-0.1, -0.05) is 20.8 Å². The lowest BCUT2D eigenvalue weighted by Gasteiger charge is -2.15. The van der Waals surface area contributed by atoms with E-state index in [2.05, 4.69) is 27.7 Å². The summed E-state index contributed by atoms with van der Waals surface area (Å²) in [5.41, 5.74) is 0. The summed E-state index contributed by atoms with van der Waals surface area (Å²) < 4.78 is 21.2. The van der Waals surface area contributed by atoms with E-state index in [0.717, 1.165) is 45.7 Å². The first-order valence-electron chi connectivity index (χ1n) is 6.70. The molecular weight excluding hydrogens is 236 g/mol. The van der Waals surface area contributed by atoms with Crippen molar-refractivity contribution in [2.75, 3.05) is 26.4 Å². The molecular formula is C12H28O4Si. The quantitative estimate of drug-likeness (QED) is 0.473. The third-order valence-electron chi connectivity index (χ3n) is 1.87. The van der Waals surface area contributed by atoms with Crippen LogP contribution in [0.25, 0.3) is 0 Å². The highest BCUT2D eigenvalue weighted by atomic mass is 28.3. The monoisotopic (exact) mass is 264 g/mol. The molecule has 1 rings (SSSR count). The molecule has 4 nitrogen and oxygen atoms in total. The van der Waals surface area contributed by atoms with Crippen LogP contribution in [0.15, 0.2) is 0 Å². The molecule has 1 fully saturated rings. The number of epoxide rings is 1. The molecule has 1 saturated heterocycles. The zero-order chi connectivity index (χ0) is 12.9. The van der Waals surface area contributed by atoms with Gasteiger partial charge < -0.3 is 18.0 Å². The van der Waals surface area contributed by atoms with Gasteiger partial charge in [0.05, 0.1) is 12.7 Å². The van der Waals surface area contributed by atoms with Gasteiger partial charge >= 0.3 is 9.53 Å². The molecule has 1 atom stereocenters. The van der Waals surface area contributed by atoms with E-state index >= 15 is 0 Å². The van der Waals surface area contributed by atoms with E-state index in [9.17, 15) is 0 Å². The second kappa shape index (κ2) is 12.5. The maximum Gasteiger partial charge on any atom is 0.484 e. The number of hydrogen-bond acceptors (Lipinski definition) is 4. The highest BCUT2D eigenvalue weighted by Crippen LogP contribution is 2.04. The number of ether oxygens (including phenoxy) is 1. The summed E-state index contributed by atoms with van der Waals surface area (Å²) in [4.78, 5) is 0. The van der Waals surface area contributed by atoms with Crippen molar-refractivity contribution in [1.82, 2.24) is 0 Å². The molecule has 0 amide bonds. The number of rotatable bonds is 9. The molecule has 17 heavy (non-hydrogen) atoms. The summed E-state index contributed by atoms with van der Waals surface area (Å²) in [5.74, 6) is 0. The minimum absolute atomic E-state index is 0.583. The first kappa shape index (κ1) is 17.1. The largest absolute Gasteiger partial charge is 0.484 e. The molecule has 0 aliphatic carbocycles. The fourth-order valence-electron chi connectivity index (χ4n) is 0.883. The first-order valence-corrected chi connectivity index (χ1v) is 8.12. The van der Waals surface area contributed by atoms with Crippen molar-refractivity contribution in [3.63, 3.8) is 0 Å². The number of hydrogen-bond donors (Lipinski definition) is 0. The lowest BCUT2D eigenvalue weighted by Crippen LogP contribution is -2.28. The molecule has 1 aliphatic heterocycles. The molecule has 0 aromatic heterocycles. The Labute approximate surface area is 108 Å². The van der Waals surface area contributed by atoms with E-state index in [1.54, 1.807) is 0 Å². The van der Waals surface area contributed by atoms with Crippen molar-refractivity contribution >= 4 is 9.53 Å². The summed E-state index contributed by atoms with van der Waals surface area (Å²) >= 11 is 0. The minimum Gasteiger partial charge on any atom is -0.376 e. The zero-order valence-electron chi connectivity index (χ0n) is 11.7. The lowest BCUT2D eigenvalue weighted by atomic mass is 10.5. The third kappa shape index (κ3) is 14.0. The maximum atomic E-state index is 5.49. The average Bonchev–Trinajstić information content (AvgIpc) is 3.11. The van der Waals surface area contributed by atoms with Crippen LogP contribution in [0.1, 0.15) is 47.0 Å². The van der Waals surface area contributed by atoms with E-state index in [4.69, 9.17) is 18.0 Å². The van der Waals surface area contributed by atoms with Gasteiger partial charge in [-0.05, 0) is 26.2 Å². The van der Waals surface area contributed by atoms with Crippen LogP contribution in [0, 0.1) is 0 Å². The maximum absolute atomic E-state index is 5.49. The van der Waals surface area contributed by atoms with Gasteiger partial charge in [-0.3, -0.25) is 0 Å². The third-order valence-corrected chi connectivity index (χ3v) is 3.40. The molecule has 104 valence electrons. The van der Waals surface area contributed by atoms with Crippen molar-refractivity contribution in [2.24, 2.45) is 0 Å². The van der Waals surface area contributed by atoms with Gasteiger partial charge in [0.25, 0.3) is 0 Å². The van der Waals surface area contributed by atoms with Gasteiger partial charge in [0.15, 0.2) is 0 Å². The van der Waals surface area contributed by atoms with Crippen LogP contribution in [0.3, 0.4) is 0 Å². The molecule has 0 saturated carbocycles. The van der Waals surface area contributed by atoms with Crippen molar-refractivity contribution in [2.45, 2.75) is 53.1 Å². The molecule has 0 spiro atoms. The van der Waals surface area contributed by atoms with Crippen LogP contribution in [0.2, 0.25) is 0 Å². The topological polar surface area (TPSA) is 40.2 Å². The molecule has 0 aromatic rings. The summed E-state index contributed by atoms with van der Waals surface area (Å²) in [7, 11) is -1.79.